The van der Waals surface area contributed by atoms with E-state index in [1.54, 1.807) is 31.2 Å². The molecule has 2 N–H and O–H groups in total. The van der Waals surface area contributed by atoms with E-state index in [0.29, 0.717) is 10.8 Å². The summed E-state index contributed by atoms with van der Waals surface area (Å²) in [6, 6.07) is 6.72. The molecule has 1 fully saturated rings. The summed E-state index contributed by atoms with van der Waals surface area (Å²) in [6.07, 6.45) is -2.45. The van der Waals surface area contributed by atoms with Crippen molar-refractivity contribution in [3.8, 4) is 5.75 Å². The Kier molecular flexibility index (Phi) is 4.29. The van der Waals surface area contributed by atoms with Gasteiger partial charge in [0, 0.05) is 18.1 Å². The van der Waals surface area contributed by atoms with Crippen LogP contribution in [0.15, 0.2) is 24.3 Å². The molecule has 0 aromatic heterocycles. The zero-order valence-electron chi connectivity index (χ0n) is 10.5. The van der Waals surface area contributed by atoms with Crippen LogP contribution in [0.3, 0.4) is 0 Å². The van der Waals surface area contributed by atoms with Crippen molar-refractivity contribution in [1.29, 1.82) is 0 Å². The van der Waals surface area contributed by atoms with Crippen LogP contribution in [0.2, 0.25) is 5.02 Å². The van der Waals surface area contributed by atoms with E-state index in [4.69, 9.17) is 16.3 Å². The maximum atomic E-state index is 12.1. The molecule has 5 nitrogen and oxygen atoms in total. The third kappa shape index (κ3) is 3.37. The van der Waals surface area contributed by atoms with Crippen LogP contribution >= 0.6 is 11.6 Å². The topological polar surface area (TPSA) is 70.0 Å². The van der Waals surface area contributed by atoms with Gasteiger partial charge in [-0.15, -0.1) is 0 Å². The summed E-state index contributed by atoms with van der Waals surface area (Å²) in [4.78, 5) is 13.5. The van der Waals surface area contributed by atoms with E-state index in [1.807, 2.05) is 0 Å². The fourth-order valence-electron chi connectivity index (χ4n) is 1.97. The number of ether oxygens (including phenoxy) is 1. The minimum Gasteiger partial charge on any atom is -0.481 e. The van der Waals surface area contributed by atoms with Crippen molar-refractivity contribution in [3.63, 3.8) is 0 Å². The number of halogens is 1. The summed E-state index contributed by atoms with van der Waals surface area (Å²) in [5.74, 6) is 0.288. The standard InChI is InChI=1S/C13H16ClNO4/c1-8(19-10-4-2-9(14)3-5-10)13(18)15-6-11(16)12(17)7-15/h2-5,8,11-12,16-17H,6-7H2,1H3/t8?,11-,12+. The van der Waals surface area contributed by atoms with Gasteiger partial charge >= 0.3 is 0 Å². The molecular formula is C13H16ClNO4. The number of aliphatic hydroxyl groups excluding tert-OH is 2. The number of likely N-dealkylation sites (tertiary alicyclic amines) is 1. The van der Waals surface area contributed by atoms with Gasteiger partial charge in [-0.1, -0.05) is 11.6 Å². The predicted molar refractivity (Wildman–Crippen MR) is 70.1 cm³/mol. The lowest BCUT2D eigenvalue weighted by atomic mass is 10.3. The second-order valence-electron chi connectivity index (χ2n) is 4.59. The zero-order chi connectivity index (χ0) is 14.0. The first kappa shape index (κ1) is 14.1. The lowest BCUT2D eigenvalue weighted by Crippen LogP contribution is -2.39. The maximum Gasteiger partial charge on any atom is 0.263 e. The Labute approximate surface area is 116 Å². The van der Waals surface area contributed by atoms with Gasteiger partial charge in [0.2, 0.25) is 0 Å². The van der Waals surface area contributed by atoms with Gasteiger partial charge in [-0.2, -0.15) is 0 Å². The number of carbonyl (C=O) groups is 1. The number of rotatable bonds is 3. The van der Waals surface area contributed by atoms with E-state index >= 15 is 0 Å². The number of amides is 1. The molecule has 1 aromatic rings. The molecule has 0 radical (unpaired) electrons. The Hall–Kier alpha value is -1.30. The highest BCUT2D eigenvalue weighted by Gasteiger charge is 2.34. The highest BCUT2D eigenvalue weighted by Crippen LogP contribution is 2.18. The predicted octanol–water partition coefficient (Wildman–Crippen LogP) is 0.671. The Morgan fingerprint density at radius 3 is 2.37 bits per heavy atom. The molecule has 1 unspecified atom stereocenters. The van der Waals surface area contributed by atoms with E-state index in [2.05, 4.69) is 0 Å². The fourth-order valence-corrected chi connectivity index (χ4v) is 2.10. The van der Waals surface area contributed by atoms with E-state index in [0.717, 1.165) is 0 Å². The second-order valence-corrected chi connectivity index (χ2v) is 5.03. The molecule has 0 spiro atoms. The Morgan fingerprint density at radius 1 is 1.32 bits per heavy atom. The minimum absolute atomic E-state index is 0.133. The van der Waals surface area contributed by atoms with E-state index in [9.17, 15) is 15.0 Å². The lowest BCUT2D eigenvalue weighted by Gasteiger charge is -2.21. The van der Waals surface area contributed by atoms with Crippen LogP contribution in [0.25, 0.3) is 0 Å². The lowest BCUT2D eigenvalue weighted by molar-refractivity contribution is -0.137. The van der Waals surface area contributed by atoms with Gasteiger partial charge in [-0.3, -0.25) is 4.79 Å². The molecular weight excluding hydrogens is 270 g/mol. The van der Waals surface area contributed by atoms with Crippen LogP contribution in [0.1, 0.15) is 6.92 Å². The summed E-state index contributed by atoms with van der Waals surface area (Å²) in [5, 5.41) is 19.4. The van der Waals surface area contributed by atoms with Crippen molar-refractivity contribution >= 4 is 17.5 Å². The van der Waals surface area contributed by atoms with Crippen molar-refractivity contribution in [1.82, 2.24) is 4.90 Å². The average molecular weight is 286 g/mol. The van der Waals surface area contributed by atoms with Crippen LogP contribution in [-0.2, 0) is 4.79 Å². The summed E-state index contributed by atoms with van der Waals surface area (Å²) in [5.41, 5.74) is 0. The largest absolute Gasteiger partial charge is 0.481 e. The van der Waals surface area contributed by atoms with E-state index in [-0.39, 0.29) is 19.0 Å². The van der Waals surface area contributed by atoms with Crippen molar-refractivity contribution in [2.75, 3.05) is 13.1 Å². The molecule has 2 rings (SSSR count). The van der Waals surface area contributed by atoms with Crippen molar-refractivity contribution < 1.29 is 19.7 Å². The number of nitrogens with zero attached hydrogens (tertiary/aromatic N) is 1. The van der Waals surface area contributed by atoms with Crippen LogP contribution in [0, 0.1) is 0 Å². The smallest absolute Gasteiger partial charge is 0.263 e. The van der Waals surface area contributed by atoms with Crippen LogP contribution < -0.4 is 4.74 Å². The summed E-state index contributed by atoms with van der Waals surface area (Å²) >= 11 is 5.76. The number of aliphatic hydroxyl groups is 2. The number of carbonyl (C=O) groups excluding carboxylic acids is 1. The molecule has 0 bridgehead atoms. The summed E-state index contributed by atoms with van der Waals surface area (Å²) < 4.78 is 5.50. The number of benzene rings is 1. The zero-order valence-corrected chi connectivity index (χ0v) is 11.2. The monoisotopic (exact) mass is 285 g/mol. The highest BCUT2D eigenvalue weighted by molar-refractivity contribution is 6.30. The third-order valence-electron chi connectivity index (χ3n) is 3.04. The van der Waals surface area contributed by atoms with Gasteiger partial charge < -0.3 is 19.8 Å². The fraction of sp³-hybridized carbons (Fsp3) is 0.462. The normalized spacial score (nSPS) is 24.3. The maximum absolute atomic E-state index is 12.1. The Morgan fingerprint density at radius 2 is 1.84 bits per heavy atom. The molecule has 19 heavy (non-hydrogen) atoms. The van der Waals surface area contributed by atoms with Gasteiger partial charge in [-0.05, 0) is 31.2 Å². The first-order valence-electron chi connectivity index (χ1n) is 6.04. The molecule has 1 saturated heterocycles. The summed E-state index contributed by atoms with van der Waals surface area (Å²) in [6.45, 7) is 1.90. The Balaban J connectivity index is 1.94. The van der Waals surface area contributed by atoms with Gasteiger partial charge in [-0.25, -0.2) is 0 Å². The quantitative estimate of drug-likeness (QED) is 0.856. The van der Waals surface area contributed by atoms with Crippen LogP contribution in [-0.4, -0.2) is 52.4 Å². The first-order valence-corrected chi connectivity index (χ1v) is 6.42. The molecule has 0 saturated carbocycles. The molecule has 1 aliphatic heterocycles. The van der Waals surface area contributed by atoms with Gasteiger partial charge in [0.15, 0.2) is 6.10 Å². The van der Waals surface area contributed by atoms with Gasteiger partial charge in [0.1, 0.15) is 5.75 Å². The molecule has 1 heterocycles. The van der Waals surface area contributed by atoms with Gasteiger partial charge in [0.25, 0.3) is 5.91 Å². The van der Waals surface area contributed by atoms with Crippen LogP contribution in [0.5, 0.6) is 5.75 Å². The number of hydrogen-bond acceptors (Lipinski definition) is 4. The highest BCUT2D eigenvalue weighted by atomic mass is 35.5. The molecule has 0 aliphatic carbocycles. The second kappa shape index (κ2) is 5.77. The van der Waals surface area contributed by atoms with E-state index in [1.165, 1.54) is 4.90 Å². The van der Waals surface area contributed by atoms with E-state index < -0.39 is 18.3 Å². The molecule has 104 valence electrons. The minimum atomic E-state index is -0.883. The summed E-state index contributed by atoms with van der Waals surface area (Å²) in [7, 11) is 0. The van der Waals surface area contributed by atoms with Gasteiger partial charge in [0.05, 0.1) is 12.2 Å². The molecule has 6 heteroatoms. The molecule has 1 amide bonds. The van der Waals surface area contributed by atoms with Crippen molar-refractivity contribution in [2.24, 2.45) is 0 Å². The number of β-amino-alcohol motifs (C(OH)–C–C–N with tert-alkyl or cyclic N) is 2. The first-order chi connectivity index (χ1) is 8.97. The molecule has 3 atom stereocenters. The van der Waals surface area contributed by atoms with Crippen LogP contribution in [0.4, 0.5) is 0 Å². The average Bonchev–Trinajstić information content (AvgIpc) is 2.71. The third-order valence-corrected chi connectivity index (χ3v) is 3.30. The molecule has 1 aliphatic rings. The van der Waals surface area contributed by atoms with Crippen molar-refractivity contribution in [2.45, 2.75) is 25.2 Å². The molecule has 1 aromatic carbocycles. The number of hydrogen-bond donors (Lipinski definition) is 2. The van der Waals surface area contributed by atoms with Crippen molar-refractivity contribution in [3.05, 3.63) is 29.3 Å². The Bertz CT molecular complexity index is 440. The SMILES string of the molecule is CC(Oc1ccc(Cl)cc1)C(=O)N1C[C@@H](O)[C@@H](O)C1.